The highest BCUT2D eigenvalue weighted by molar-refractivity contribution is 5.79. The number of amides is 1. The zero-order valence-electron chi connectivity index (χ0n) is 17.0. The third-order valence-corrected chi connectivity index (χ3v) is 5.96. The van der Waals surface area contributed by atoms with Gasteiger partial charge in [0.25, 0.3) is 0 Å². The summed E-state index contributed by atoms with van der Waals surface area (Å²) in [6.07, 6.45) is 9.17. The minimum atomic E-state index is -1.01. The summed E-state index contributed by atoms with van der Waals surface area (Å²) in [5.74, 6) is 1.79. The van der Waals surface area contributed by atoms with Gasteiger partial charge in [-0.3, -0.25) is 4.68 Å². The van der Waals surface area contributed by atoms with Crippen LogP contribution < -0.4 is 10.1 Å². The first kappa shape index (κ1) is 20.0. The lowest BCUT2D eigenvalue weighted by molar-refractivity contribution is 0.00956. The molecule has 2 saturated carbocycles. The molecule has 1 atom stereocenters. The fraction of sp³-hybridized carbons (Fsp3) is 0.636. The maximum Gasteiger partial charge on any atom is 0.404 e. The zero-order valence-corrected chi connectivity index (χ0v) is 17.0. The van der Waals surface area contributed by atoms with E-state index in [9.17, 15) is 4.79 Å². The van der Waals surface area contributed by atoms with Crippen LogP contribution in [0.4, 0.5) is 4.79 Å². The van der Waals surface area contributed by atoms with Gasteiger partial charge in [-0.2, -0.15) is 5.10 Å². The zero-order chi connectivity index (χ0) is 20.2. The molecule has 0 spiro atoms. The molecule has 1 heterocycles. The molecule has 2 aromatic rings. The van der Waals surface area contributed by atoms with Crippen LogP contribution in [0.15, 0.2) is 24.4 Å². The molecule has 2 N–H and O–H groups in total. The molecule has 0 bridgehead atoms. The van der Waals surface area contributed by atoms with E-state index < -0.39 is 6.09 Å². The molecule has 7 nitrogen and oxygen atoms in total. The third kappa shape index (κ3) is 5.63. The lowest BCUT2D eigenvalue weighted by atomic mass is 9.93. The Kier molecular flexibility index (Phi) is 6.23. The summed E-state index contributed by atoms with van der Waals surface area (Å²) in [6.45, 7) is 3.03. The molecule has 2 fully saturated rings. The highest BCUT2D eigenvalue weighted by atomic mass is 16.5. The molecule has 2 aliphatic carbocycles. The Labute approximate surface area is 171 Å². The first-order chi connectivity index (χ1) is 14.1. The van der Waals surface area contributed by atoms with Crippen LogP contribution in [0.2, 0.25) is 0 Å². The summed E-state index contributed by atoms with van der Waals surface area (Å²) in [6, 6.07) is 6.37. The molecule has 0 radical (unpaired) electrons. The molecule has 1 amide bonds. The first-order valence-electron chi connectivity index (χ1n) is 10.8. The van der Waals surface area contributed by atoms with Crippen molar-refractivity contribution in [3.05, 3.63) is 24.4 Å². The van der Waals surface area contributed by atoms with Crippen LogP contribution >= 0.6 is 0 Å². The smallest absolute Gasteiger partial charge is 0.404 e. The maximum atomic E-state index is 10.7. The highest BCUT2D eigenvalue weighted by Gasteiger charge is 2.24. The largest absolute Gasteiger partial charge is 0.494 e. The van der Waals surface area contributed by atoms with E-state index >= 15 is 0 Å². The van der Waals surface area contributed by atoms with Crippen molar-refractivity contribution in [2.75, 3.05) is 13.2 Å². The quantitative estimate of drug-likeness (QED) is 0.652. The van der Waals surface area contributed by atoms with Gasteiger partial charge in [-0.25, -0.2) is 4.79 Å². The minimum absolute atomic E-state index is 0.192. The number of hydrogen-bond acceptors (Lipinski definition) is 4. The number of carboxylic acid groups (broad SMARTS) is 1. The SMILES string of the molecule is C[C@@H](CO[C@H]1CC[C@H](n2cc3ccc(OCCC4CC4)cc3n2)CC1)NC(=O)O. The average Bonchev–Trinajstić information content (AvgIpc) is 3.42. The predicted molar refractivity (Wildman–Crippen MR) is 110 cm³/mol. The Morgan fingerprint density at radius 1 is 1.28 bits per heavy atom. The van der Waals surface area contributed by atoms with E-state index in [1.54, 1.807) is 0 Å². The standard InChI is InChI=1S/C22H31N3O4/c1-15(23-22(26)27)14-29-19-8-5-18(6-9-19)25-13-17-4-7-20(12-21(17)24-25)28-11-10-16-2-3-16/h4,7,12-13,15-16,18-19,23H,2-3,5-6,8-11,14H2,1H3,(H,26,27)/t15-,18-,19-/m0/s1. The van der Waals surface area contributed by atoms with E-state index in [1.165, 1.54) is 12.8 Å². The molecular weight excluding hydrogens is 370 g/mol. The number of nitrogens with zero attached hydrogens (tertiary/aromatic N) is 2. The van der Waals surface area contributed by atoms with E-state index in [-0.39, 0.29) is 12.1 Å². The van der Waals surface area contributed by atoms with Crippen LogP contribution in [0.5, 0.6) is 5.75 Å². The molecule has 29 heavy (non-hydrogen) atoms. The lowest BCUT2D eigenvalue weighted by Crippen LogP contribution is -2.36. The number of aromatic nitrogens is 2. The van der Waals surface area contributed by atoms with Gasteiger partial charge in [-0.1, -0.05) is 12.8 Å². The van der Waals surface area contributed by atoms with Crippen LogP contribution in [0, 0.1) is 5.92 Å². The fourth-order valence-corrected chi connectivity index (χ4v) is 4.05. The Bertz CT molecular complexity index is 825. The van der Waals surface area contributed by atoms with Gasteiger partial charge < -0.3 is 19.9 Å². The predicted octanol–water partition coefficient (Wildman–Crippen LogP) is 4.37. The molecule has 0 aliphatic heterocycles. The summed E-state index contributed by atoms with van der Waals surface area (Å²) >= 11 is 0. The van der Waals surface area contributed by atoms with Crippen LogP contribution in [0.1, 0.15) is 57.9 Å². The van der Waals surface area contributed by atoms with Crippen molar-refractivity contribution in [2.24, 2.45) is 5.92 Å². The average molecular weight is 402 g/mol. The van der Waals surface area contributed by atoms with Crippen molar-refractivity contribution >= 4 is 17.0 Å². The molecule has 4 rings (SSSR count). The van der Waals surface area contributed by atoms with E-state index in [1.807, 2.05) is 19.1 Å². The maximum absolute atomic E-state index is 10.7. The number of carbonyl (C=O) groups is 1. The third-order valence-electron chi connectivity index (χ3n) is 5.96. The van der Waals surface area contributed by atoms with E-state index in [2.05, 4.69) is 22.3 Å². The number of nitrogens with one attached hydrogen (secondary N) is 1. The van der Waals surface area contributed by atoms with Crippen LogP contribution in [-0.4, -0.2) is 46.3 Å². The minimum Gasteiger partial charge on any atom is -0.494 e. The molecule has 1 aromatic heterocycles. The van der Waals surface area contributed by atoms with Crippen molar-refractivity contribution in [1.29, 1.82) is 0 Å². The molecule has 7 heteroatoms. The van der Waals surface area contributed by atoms with Crippen molar-refractivity contribution in [1.82, 2.24) is 15.1 Å². The summed E-state index contributed by atoms with van der Waals surface area (Å²) < 4.78 is 13.9. The summed E-state index contributed by atoms with van der Waals surface area (Å²) in [7, 11) is 0. The Hall–Kier alpha value is -2.28. The van der Waals surface area contributed by atoms with Crippen molar-refractivity contribution in [3.63, 3.8) is 0 Å². The number of rotatable bonds is 9. The van der Waals surface area contributed by atoms with Gasteiger partial charge >= 0.3 is 6.09 Å². The van der Waals surface area contributed by atoms with Gasteiger partial charge in [0.1, 0.15) is 5.75 Å². The van der Waals surface area contributed by atoms with Crippen molar-refractivity contribution < 1.29 is 19.4 Å². The Morgan fingerprint density at radius 3 is 2.79 bits per heavy atom. The van der Waals surface area contributed by atoms with Crippen molar-refractivity contribution in [2.45, 2.75) is 70.1 Å². The molecule has 1 aromatic carbocycles. The Balaban J connectivity index is 1.27. The highest BCUT2D eigenvalue weighted by Crippen LogP contribution is 2.33. The topological polar surface area (TPSA) is 85.6 Å². The van der Waals surface area contributed by atoms with Crippen LogP contribution in [-0.2, 0) is 4.74 Å². The van der Waals surface area contributed by atoms with Crippen LogP contribution in [0.3, 0.4) is 0 Å². The molecule has 158 valence electrons. The summed E-state index contributed by atoms with van der Waals surface area (Å²) in [5.41, 5.74) is 0.987. The van der Waals surface area contributed by atoms with Gasteiger partial charge in [0.2, 0.25) is 0 Å². The number of ether oxygens (including phenoxy) is 2. The van der Waals surface area contributed by atoms with Gasteiger partial charge in [0.15, 0.2) is 0 Å². The summed E-state index contributed by atoms with van der Waals surface area (Å²) in [5, 5.41) is 17.1. The van der Waals surface area contributed by atoms with Gasteiger partial charge in [0.05, 0.1) is 36.9 Å². The van der Waals surface area contributed by atoms with Gasteiger partial charge in [0, 0.05) is 17.6 Å². The van der Waals surface area contributed by atoms with Crippen LogP contribution in [0.25, 0.3) is 10.9 Å². The number of fused-ring (bicyclic) bond motifs is 1. The van der Waals surface area contributed by atoms with Gasteiger partial charge in [-0.05, 0) is 57.1 Å². The first-order valence-corrected chi connectivity index (χ1v) is 10.8. The molecule has 0 unspecified atom stereocenters. The molecular formula is C22H31N3O4. The second kappa shape index (κ2) is 9.03. The summed E-state index contributed by atoms with van der Waals surface area (Å²) in [4.78, 5) is 10.7. The van der Waals surface area contributed by atoms with Gasteiger partial charge in [-0.15, -0.1) is 0 Å². The number of benzene rings is 1. The second-order valence-electron chi connectivity index (χ2n) is 8.52. The number of hydrogen-bond donors (Lipinski definition) is 2. The Morgan fingerprint density at radius 2 is 2.07 bits per heavy atom. The van der Waals surface area contributed by atoms with E-state index in [4.69, 9.17) is 19.7 Å². The fourth-order valence-electron chi connectivity index (χ4n) is 4.05. The lowest BCUT2D eigenvalue weighted by Gasteiger charge is -2.29. The monoisotopic (exact) mass is 401 g/mol. The molecule has 2 aliphatic rings. The van der Waals surface area contributed by atoms with E-state index in [0.717, 1.165) is 61.3 Å². The van der Waals surface area contributed by atoms with Crippen molar-refractivity contribution in [3.8, 4) is 5.75 Å². The normalized spacial score (nSPS) is 23.1. The van der Waals surface area contributed by atoms with E-state index in [0.29, 0.717) is 12.6 Å². The molecule has 0 saturated heterocycles. The second-order valence-corrected chi connectivity index (χ2v) is 8.52.